The Morgan fingerprint density at radius 2 is 2.08 bits per heavy atom. The molecule has 0 spiro atoms. The van der Waals surface area contributed by atoms with E-state index in [1.54, 1.807) is 12.4 Å². The SMILES string of the molecule is CC(Oc1cc(-c2cnc3ccc(CN(C)Cc4ncc[nH]4)cn23)sc1C(N)=O)c1ccccc1Cl. The number of pyridine rings is 1. The van der Waals surface area contributed by atoms with E-state index in [0.717, 1.165) is 39.7 Å². The summed E-state index contributed by atoms with van der Waals surface area (Å²) >= 11 is 7.63. The number of aromatic amines is 1. The van der Waals surface area contributed by atoms with Crippen molar-refractivity contribution < 1.29 is 9.53 Å². The summed E-state index contributed by atoms with van der Waals surface area (Å²) in [4.78, 5) is 27.6. The number of amides is 1. The van der Waals surface area contributed by atoms with Gasteiger partial charge in [0.1, 0.15) is 28.2 Å². The molecule has 1 atom stereocenters. The van der Waals surface area contributed by atoms with Gasteiger partial charge < -0.3 is 15.5 Å². The number of hydrogen-bond acceptors (Lipinski definition) is 6. The second-order valence-corrected chi connectivity index (χ2v) is 10.0. The lowest BCUT2D eigenvalue weighted by molar-refractivity contribution is 0.0998. The van der Waals surface area contributed by atoms with Gasteiger partial charge in [0.25, 0.3) is 5.91 Å². The highest BCUT2D eigenvalue weighted by molar-refractivity contribution is 7.17. The fraction of sp³-hybridized carbons (Fsp3) is 0.192. The van der Waals surface area contributed by atoms with Crippen molar-refractivity contribution in [2.24, 2.45) is 5.73 Å². The highest BCUT2D eigenvalue weighted by Gasteiger charge is 2.21. The molecule has 184 valence electrons. The molecule has 0 fully saturated rings. The lowest BCUT2D eigenvalue weighted by Gasteiger charge is -2.16. The number of hydrogen-bond donors (Lipinski definition) is 2. The van der Waals surface area contributed by atoms with Crippen LogP contribution in [-0.4, -0.2) is 37.2 Å². The van der Waals surface area contributed by atoms with Crippen molar-refractivity contribution in [1.29, 1.82) is 0 Å². The van der Waals surface area contributed by atoms with Gasteiger partial charge in [-0.25, -0.2) is 9.97 Å². The van der Waals surface area contributed by atoms with Gasteiger partial charge in [0.15, 0.2) is 0 Å². The van der Waals surface area contributed by atoms with Crippen LogP contribution in [0.25, 0.3) is 16.2 Å². The number of fused-ring (bicyclic) bond motifs is 1. The third kappa shape index (κ3) is 4.99. The molecule has 1 amide bonds. The van der Waals surface area contributed by atoms with Crippen molar-refractivity contribution in [2.75, 3.05) is 7.05 Å². The maximum absolute atomic E-state index is 12.3. The average molecular weight is 521 g/mol. The first kappa shape index (κ1) is 24.1. The van der Waals surface area contributed by atoms with Crippen molar-refractivity contribution in [2.45, 2.75) is 26.1 Å². The molecule has 4 heterocycles. The molecule has 1 aromatic carbocycles. The number of benzene rings is 1. The molecule has 10 heteroatoms. The zero-order valence-electron chi connectivity index (χ0n) is 19.8. The number of rotatable bonds is 9. The highest BCUT2D eigenvalue weighted by atomic mass is 35.5. The van der Waals surface area contributed by atoms with E-state index in [9.17, 15) is 4.79 Å². The lowest BCUT2D eigenvalue weighted by atomic mass is 10.1. The van der Waals surface area contributed by atoms with Gasteiger partial charge in [0.05, 0.1) is 23.3 Å². The number of halogens is 1. The van der Waals surface area contributed by atoms with Crippen LogP contribution in [-0.2, 0) is 13.1 Å². The predicted molar refractivity (Wildman–Crippen MR) is 141 cm³/mol. The number of primary amides is 1. The van der Waals surface area contributed by atoms with E-state index < -0.39 is 5.91 Å². The lowest BCUT2D eigenvalue weighted by Crippen LogP contribution is -2.18. The van der Waals surface area contributed by atoms with Crippen LogP contribution in [0.2, 0.25) is 5.02 Å². The molecule has 4 aromatic heterocycles. The van der Waals surface area contributed by atoms with E-state index in [4.69, 9.17) is 22.1 Å². The third-order valence-electron chi connectivity index (χ3n) is 5.82. The van der Waals surface area contributed by atoms with Gasteiger partial charge in [-0.2, -0.15) is 0 Å². The molecule has 0 radical (unpaired) electrons. The van der Waals surface area contributed by atoms with Gasteiger partial charge in [0, 0.05) is 41.8 Å². The van der Waals surface area contributed by atoms with Crippen LogP contribution in [0.4, 0.5) is 0 Å². The first-order valence-electron chi connectivity index (χ1n) is 11.4. The van der Waals surface area contributed by atoms with Crippen LogP contribution < -0.4 is 10.5 Å². The summed E-state index contributed by atoms with van der Waals surface area (Å²) in [7, 11) is 2.05. The van der Waals surface area contributed by atoms with E-state index in [0.29, 0.717) is 22.2 Å². The molecule has 0 saturated carbocycles. The Hall–Kier alpha value is -3.66. The van der Waals surface area contributed by atoms with Gasteiger partial charge in [0.2, 0.25) is 0 Å². The molecule has 5 rings (SSSR count). The number of H-pyrrole nitrogens is 1. The first-order chi connectivity index (χ1) is 17.4. The van der Waals surface area contributed by atoms with Crippen LogP contribution in [0.5, 0.6) is 5.75 Å². The number of nitrogens with two attached hydrogens (primary N) is 1. The van der Waals surface area contributed by atoms with E-state index in [2.05, 4.69) is 32.1 Å². The first-order valence-corrected chi connectivity index (χ1v) is 12.6. The highest BCUT2D eigenvalue weighted by Crippen LogP contribution is 2.39. The number of thiophene rings is 1. The quantitative estimate of drug-likeness (QED) is 0.274. The third-order valence-corrected chi connectivity index (χ3v) is 7.31. The Balaban J connectivity index is 1.43. The molecule has 0 aliphatic heterocycles. The summed E-state index contributed by atoms with van der Waals surface area (Å²) in [5.74, 6) is 0.805. The predicted octanol–water partition coefficient (Wildman–Crippen LogP) is 5.31. The summed E-state index contributed by atoms with van der Waals surface area (Å²) in [5.41, 5.74) is 9.32. The molecule has 0 aliphatic rings. The van der Waals surface area contributed by atoms with Gasteiger partial charge in [-0.3, -0.25) is 14.1 Å². The largest absolute Gasteiger partial charge is 0.484 e. The summed E-state index contributed by atoms with van der Waals surface area (Å²) < 4.78 is 8.19. The fourth-order valence-corrected chi connectivity index (χ4v) is 5.37. The van der Waals surface area contributed by atoms with Crippen molar-refractivity contribution in [1.82, 2.24) is 24.3 Å². The molecule has 36 heavy (non-hydrogen) atoms. The smallest absolute Gasteiger partial charge is 0.262 e. The molecule has 3 N–H and O–H groups in total. The monoisotopic (exact) mass is 520 g/mol. The number of aromatic nitrogens is 4. The van der Waals surface area contributed by atoms with Crippen LogP contribution >= 0.6 is 22.9 Å². The van der Waals surface area contributed by atoms with Crippen molar-refractivity contribution in [3.8, 4) is 16.3 Å². The minimum Gasteiger partial charge on any atom is -0.484 e. The Morgan fingerprint density at radius 1 is 1.25 bits per heavy atom. The molecule has 5 aromatic rings. The normalized spacial score (nSPS) is 12.3. The number of ether oxygens (including phenoxy) is 1. The maximum Gasteiger partial charge on any atom is 0.262 e. The van der Waals surface area contributed by atoms with Crippen LogP contribution in [0.1, 0.15) is 39.7 Å². The Morgan fingerprint density at radius 3 is 2.83 bits per heavy atom. The zero-order chi connectivity index (χ0) is 25.2. The number of imidazole rings is 2. The molecule has 0 saturated heterocycles. The van der Waals surface area contributed by atoms with Gasteiger partial charge in [-0.15, -0.1) is 11.3 Å². The van der Waals surface area contributed by atoms with Crippen LogP contribution in [0.15, 0.2) is 67.3 Å². The maximum atomic E-state index is 12.3. The fourth-order valence-electron chi connectivity index (χ4n) is 4.13. The summed E-state index contributed by atoms with van der Waals surface area (Å²) in [6.07, 6.45) is 7.07. The summed E-state index contributed by atoms with van der Waals surface area (Å²) in [6, 6.07) is 13.4. The van der Waals surface area contributed by atoms with Crippen LogP contribution in [0.3, 0.4) is 0 Å². The Labute approximate surface area is 217 Å². The van der Waals surface area contributed by atoms with Gasteiger partial charge in [-0.05, 0) is 31.7 Å². The zero-order valence-corrected chi connectivity index (χ0v) is 21.4. The molecule has 0 aliphatic carbocycles. The second-order valence-electron chi connectivity index (χ2n) is 8.57. The average Bonchev–Trinajstić information content (AvgIpc) is 3.59. The van der Waals surface area contributed by atoms with E-state index in [1.807, 2.05) is 61.0 Å². The number of carbonyl (C=O) groups excluding carboxylic acids is 1. The molecule has 0 bridgehead atoms. The molecular weight excluding hydrogens is 496 g/mol. The van der Waals surface area contributed by atoms with E-state index >= 15 is 0 Å². The van der Waals surface area contributed by atoms with Crippen molar-refractivity contribution in [3.63, 3.8) is 0 Å². The Bertz CT molecular complexity index is 1510. The van der Waals surface area contributed by atoms with Crippen molar-refractivity contribution >= 4 is 34.5 Å². The molecule has 8 nitrogen and oxygen atoms in total. The van der Waals surface area contributed by atoms with Gasteiger partial charge in [-0.1, -0.05) is 35.9 Å². The van der Waals surface area contributed by atoms with Gasteiger partial charge >= 0.3 is 0 Å². The topological polar surface area (TPSA) is 102 Å². The number of carbonyl (C=O) groups is 1. The van der Waals surface area contributed by atoms with E-state index in [1.165, 1.54) is 11.3 Å². The number of nitrogens with one attached hydrogen (secondary N) is 1. The number of nitrogens with zero attached hydrogens (tertiary/aromatic N) is 4. The van der Waals surface area contributed by atoms with Crippen molar-refractivity contribution in [3.05, 3.63) is 94.1 Å². The Kier molecular flexibility index (Phi) is 6.77. The van der Waals surface area contributed by atoms with Crippen LogP contribution in [0, 0.1) is 0 Å². The minimum atomic E-state index is -0.540. The summed E-state index contributed by atoms with van der Waals surface area (Å²) in [6.45, 7) is 3.33. The van der Waals surface area contributed by atoms with E-state index in [-0.39, 0.29) is 6.10 Å². The molecule has 1 unspecified atom stereocenters. The standard InChI is InChI=1S/C26H25ClN6O2S/c1-16(18-5-3-4-6-19(18)27)35-21-11-22(36-25(21)26(28)34)20-12-31-24-8-7-17(14-33(20)24)13-32(2)15-23-29-9-10-30-23/h3-12,14,16H,13,15H2,1-2H3,(H2,28,34)(H,29,30). The summed E-state index contributed by atoms with van der Waals surface area (Å²) in [5, 5.41) is 0.604. The second kappa shape index (κ2) is 10.1. The minimum absolute atomic E-state index is 0.355. The molecular formula is C26H25ClN6O2S.